The van der Waals surface area contributed by atoms with Crippen LogP contribution in [0.4, 0.5) is 0 Å². The van der Waals surface area contributed by atoms with E-state index in [0.29, 0.717) is 12.0 Å². The van der Waals surface area contributed by atoms with E-state index in [9.17, 15) is 4.79 Å². The van der Waals surface area contributed by atoms with Crippen LogP contribution in [0.2, 0.25) is 0 Å². The largest absolute Gasteiger partial charge is 0.298 e. The molecule has 0 aromatic heterocycles. The molecule has 0 radical (unpaired) electrons. The molecule has 2 nitrogen and oxygen atoms in total. The average Bonchev–Trinajstić information content (AvgIpc) is 1.97. The molecule has 0 aromatic rings. The van der Waals surface area contributed by atoms with Gasteiger partial charge in [0, 0.05) is 12.6 Å². The van der Waals surface area contributed by atoms with Crippen molar-refractivity contribution < 1.29 is 4.79 Å². The summed E-state index contributed by atoms with van der Waals surface area (Å²) in [4.78, 5) is 13.5. The Balaban J connectivity index is 4.32. The fraction of sp³-hybridized carbons (Fsp3) is 0.909. The Bertz CT molecular complexity index is 163. The Hall–Kier alpha value is -0.370. The van der Waals surface area contributed by atoms with E-state index in [1.807, 2.05) is 6.92 Å². The van der Waals surface area contributed by atoms with Crippen LogP contribution in [0.1, 0.15) is 41.5 Å². The van der Waals surface area contributed by atoms with E-state index in [4.69, 9.17) is 0 Å². The highest BCUT2D eigenvalue weighted by Gasteiger charge is 2.20. The zero-order chi connectivity index (χ0) is 10.6. The highest BCUT2D eigenvalue weighted by Crippen LogP contribution is 2.09. The Morgan fingerprint density at radius 3 is 1.85 bits per heavy atom. The molecular weight excluding hydrogens is 162 g/mol. The molecule has 0 spiro atoms. The maximum atomic E-state index is 11.2. The monoisotopic (exact) mass is 185 g/mol. The summed E-state index contributed by atoms with van der Waals surface area (Å²) in [5.41, 5.74) is 0. The molecule has 0 aliphatic rings. The van der Waals surface area contributed by atoms with Crippen LogP contribution >= 0.6 is 0 Å². The normalized spacial score (nSPS) is 14.2. The first kappa shape index (κ1) is 12.6. The van der Waals surface area contributed by atoms with Crippen LogP contribution in [0.3, 0.4) is 0 Å². The maximum absolute atomic E-state index is 11.2. The predicted octanol–water partition coefficient (Wildman–Crippen LogP) is 2.33. The summed E-state index contributed by atoms with van der Waals surface area (Å²) in [5.74, 6) is 0.874. The van der Waals surface area contributed by atoms with Crippen molar-refractivity contribution in [2.24, 2.45) is 5.92 Å². The van der Waals surface area contributed by atoms with Crippen LogP contribution in [0.5, 0.6) is 0 Å². The first-order valence-corrected chi connectivity index (χ1v) is 5.12. The lowest BCUT2D eigenvalue weighted by Gasteiger charge is -2.32. The van der Waals surface area contributed by atoms with Gasteiger partial charge in [0.25, 0.3) is 0 Å². The third-order valence-electron chi connectivity index (χ3n) is 2.33. The molecule has 0 saturated heterocycles. The molecule has 78 valence electrons. The van der Waals surface area contributed by atoms with Gasteiger partial charge >= 0.3 is 0 Å². The van der Waals surface area contributed by atoms with Gasteiger partial charge in [-0.15, -0.1) is 0 Å². The van der Waals surface area contributed by atoms with Gasteiger partial charge in [0.2, 0.25) is 0 Å². The van der Waals surface area contributed by atoms with Crippen molar-refractivity contribution in [1.82, 2.24) is 4.90 Å². The first-order chi connectivity index (χ1) is 5.86. The van der Waals surface area contributed by atoms with Crippen molar-refractivity contribution in [2.75, 3.05) is 6.54 Å². The minimum absolute atomic E-state index is 0.0578. The molecule has 0 aliphatic heterocycles. The summed E-state index contributed by atoms with van der Waals surface area (Å²) in [6.45, 7) is 13.3. The standard InChI is InChI=1S/C11H23NO/c1-8(2)7-12(9(3)4)10(5)11(6)13/h8-10H,7H2,1-6H3. The van der Waals surface area contributed by atoms with E-state index >= 15 is 0 Å². The summed E-state index contributed by atoms with van der Waals surface area (Å²) in [6, 6.07) is 0.503. The second-order valence-electron chi connectivity index (χ2n) is 4.47. The van der Waals surface area contributed by atoms with E-state index in [1.54, 1.807) is 6.92 Å². The SMILES string of the molecule is CC(=O)C(C)N(CC(C)C)C(C)C. The number of ketones is 1. The molecule has 0 saturated carbocycles. The van der Waals surface area contributed by atoms with Crippen molar-refractivity contribution in [3.8, 4) is 0 Å². The summed E-state index contributed by atoms with van der Waals surface area (Å²) in [6.07, 6.45) is 0. The van der Waals surface area contributed by atoms with Crippen LogP contribution in [0.25, 0.3) is 0 Å². The second kappa shape index (κ2) is 5.38. The van der Waals surface area contributed by atoms with Gasteiger partial charge in [-0.05, 0) is 33.6 Å². The molecule has 0 rings (SSSR count). The molecule has 0 amide bonds. The molecule has 1 unspecified atom stereocenters. The third-order valence-corrected chi connectivity index (χ3v) is 2.33. The molecule has 0 bridgehead atoms. The zero-order valence-corrected chi connectivity index (χ0v) is 9.79. The van der Waals surface area contributed by atoms with Gasteiger partial charge in [0.05, 0.1) is 6.04 Å². The van der Waals surface area contributed by atoms with Crippen LogP contribution < -0.4 is 0 Å². The zero-order valence-electron chi connectivity index (χ0n) is 9.79. The number of Topliss-reactive ketones (excluding diaryl/α,β-unsaturated/α-hetero) is 1. The van der Waals surface area contributed by atoms with E-state index in [0.717, 1.165) is 6.54 Å². The first-order valence-electron chi connectivity index (χ1n) is 5.12. The summed E-state index contributed by atoms with van der Waals surface area (Å²) in [5, 5.41) is 0. The molecule has 2 heteroatoms. The maximum Gasteiger partial charge on any atom is 0.146 e. The van der Waals surface area contributed by atoms with Crippen molar-refractivity contribution >= 4 is 5.78 Å². The lowest BCUT2D eigenvalue weighted by Crippen LogP contribution is -2.44. The van der Waals surface area contributed by atoms with Crippen LogP contribution in [-0.2, 0) is 4.79 Å². The number of carbonyl (C=O) groups is 1. The van der Waals surface area contributed by atoms with E-state index in [1.165, 1.54) is 0 Å². The van der Waals surface area contributed by atoms with Crippen LogP contribution in [0, 0.1) is 5.92 Å². The minimum Gasteiger partial charge on any atom is -0.298 e. The van der Waals surface area contributed by atoms with Gasteiger partial charge in [0.15, 0.2) is 0 Å². The number of carbonyl (C=O) groups excluding carboxylic acids is 1. The Morgan fingerprint density at radius 2 is 1.62 bits per heavy atom. The van der Waals surface area contributed by atoms with Crippen molar-refractivity contribution in [3.05, 3.63) is 0 Å². The second-order valence-corrected chi connectivity index (χ2v) is 4.47. The van der Waals surface area contributed by atoms with Crippen LogP contribution in [-0.4, -0.2) is 29.3 Å². The molecule has 0 heterocycles. The van der Waals surface area contributed by atoms with Gasteiger partial charge < -0.3 is 0 Å². The Morgan fingerprint density at radius 1 is 1.15 bits per heavy atom. The smallest absolute Gasteiger partial charge is 0.146 e. The van der Waals surface area contributed by atoms with Gasteiger partial charge in [-0.2, -0.15) is 0 Å². The minimum atomic E-state index is 0.0578. The van der Waals surface area contributed by atoms with Gasteiger partial charge in [-0.25, -0.2) is 0 Å². The lowest BCUT2D eigenvalue weighted by molar-refractivity contribution is -0.122. The quantitative estimate of drug-likeness (QED) is 0.655. The fourth-order valence-electron chi connectivity index (χ4n) is 1.47. The average molecular weight is 185 g/mol. The van der Waals surface area contributed by atoms with E-state index in [-0.39, 0.29) is 11.8 Å². The molecular formula is C11H23NO. The summed E-state index contributed by atoms with van der Waals surface area (Å²) < 4.78 is 0. The number of hydrogen-bond donors (Lipinski definition) is 0. The summed E-state index contributed by atoms with van der Waals surface area (Å²) in [7, 11) is 0. The van der Waals surface area contributed by atoms with Crippen molar-refractivity contribution in [1.29, 1.82) is 0 Å². The van der Waals surface area contributed by atoms with Crippen LogP contribution in [0.15, 0.2) is 0 Å². The van der Waals surface area contributed by atoms with Crippen molar-refractivity contribution in [3.63, 3.8) is 0 Å². The number of rotatable bonds is 5. The topological polar surface area (TPSA) is 20.3 Å². The molecule has 1 atom stereocenters. The van der Waals surface area contributed by atoms with Crippen molar-refractivity contribution in [2.45, 2.75) is 53.6 Å². The molecule has 0 fully saturated rings. The predicted molar refractivity (Wildman–Crippen MR) is 56.8 cm³/mol. The Kier molecular flexibility index (Phi) is 5.23. The number of nitrogens with zero attached hydrogens (tertiary/aromatic N) is 1. The molecule has 0 aromatic carbocycles. The fourth-order valence-corrected chi connectivity index (χ4v) is 1.47. The van der Waals surface area contributed by atoms with E-state index in [2.05, 4.69) is 32.6 Å². The molecule has 0 N–H and O–H groups in total. The third kappa shape index (κ3) is 4.41. The van der Waals surface area contributed by atoms with Gasteiger partial charge in [0.1, 0.15) is 5.78 Å². The highest BCUT2D eigenvalue weighted by molar-refractivity contribution is 5.80. The molecule has 13 heavy (non-hydrogen) atoms. The summed E-state index contributed by atoms with van der Waals surface area (Å²) >= 11 is 0. The van der Waals surface area contributed by atoms with Gasteiger partial charge in [-0.1, -0.05) is 13.8 Å². The van der Waals surface area contributed by atoms with Gasteiger partial charge in [-0.3, -0.25) is 9.69 Å². The molecule has 0 aliphatic carbocycles. The van der Waals surface area contributed by atoms with E-state index < -0.39 is 0 Å². The Labute approximate surface area is 82.3 Å². The number of hydrogen-bond acceptors (Lipinski definition) is 2. The lowest BCUT2D eigenvalue weighted by atomic mass is 10.1. The highest BCUT2D eigenvalue weighted by atomic mass is 16.1.